The molecule has 88 valence electrons. The van der Waals surface area contributed by atoms with E-state index in [0.717, 1.165) is 0 Å². The summed E-state index contributed by atoms with van der Waals surface area (Å²) in [7, 11) is 1.51. The summed E-state index contributed by atoms with van der Waals surface area (Å²) in [6.07, 6.45) is 0. The average Bonchev–Trinajstić information content (AvgIpc) is 2.28. The van der Waals surface area contributed by atoms with Crippen LogP contribution in [-0.2, 0) is 9.57 Å². The van der Waals surface area contributed by atoms with Crippen LogP contribution in [0.4, 0.5) is 0 Å². The molecule has 1 aromatic rings. The van der Waals surface area contributed by atoms with Gasteiger partial charge in [-0.2, -0.15) is 0 Å². The summed E-state index contributed by atoms with van der Waals surface area (Å²) in [5.74, 6) is -1.47. The van der Waals surface area contributed by atoms with Gasteiger partial charge in [0.25, 0.3) is 5.91 Å². The Hall–Kier alpha value is -1.79. The molecule has 0 bridgehead atoms. The van der Waals surface area contributed by atoms with Crippen LogP contribution in [-0.4, -0.2) is 36.4 Å². The first kappa shape index (κ1) is 12.3. The van der Waals surface area contributed by atoms with E-state index in [-0.39, 0.29) is 17.9 Å². The number of carbonyl (C=O) groups is 1. The molecule has 0 aliphatic heterocycles. The van der Waals surface area contributed by atoms with Gasteiger partial charge in [0.15, 0.2) is 11.5 Å². The maximum absolute atomic E-state index is 11.4. The molecule has 6 heteroatoms. The lowest BCUT2D eigenvalue weighted by Gasteiger charge is -2.07. The Labute approximate surface area is 92.4 Å². The Bertz CT molecular complexity index is 366. The maximum Gasteiger partial charge on any atom is 0.278 e. The van der Waals surface area contributed by atoms with Crippen molar-refractivity contribution in [3.8, 4) is 11.5 Å². The zero-order valence-electron chi connectivity index (χ0n) is 8.77. The van der Waals surface area contributed by atoms with E-state index in [4.69, 9.17) is 14.7 Å². The summed E-state index contributed by atoms with van der Waals surface area (Å²) in [5.41, 5.74) is 2.05. The van der Waals surface area contributed by atoms with Gasteiger partial charge >= 0.3 is 0 Å². The van der Waals surface area contributed by atoms with Crippen molar-refractivity contribution in [3.63, 3.8) is 0 Å². The number of carbonyl (C=O) groups excluding carboxylic acids is 1. The van der Waals surface area contributed by atoms with E-state index < -0.39 is 11.7 Å². The molecule has 0 radical (unpaired) electrons. The highest BCUT2D eigenvalue weighted by atomic mass is 16.7. The number of rotatable bonds is 5. The van der Waals surface area contributed by atoms with Gasteiger partial charge in [-0.3, -0.25) is 9.63 Å². The molecule has 0 saturated heterocycles. The highest BCUT2D eigenvalue weighted by molar-refractivity contribution is 5.96. The van der Waals surface area contributed by atoms with E-state index in [0.29, 0.717) is 6.61 Å². The fraction of sp³-hybridized carbons (Fsp3) is 0.300. The summed E-state index contributed by atoms with van der Waals surface area (Å²) in [5, 5.41) is 18.5. The molecule has 0 aromatic heterocycles. The van der Waals surface area contributed by atoms with Gasteiger partial charge in [0, 0.05) is 7.11 Å². The summed E-state index contributed by atoms with van der Waals surface area (Å²) < 4.78 is 4.71. The smallest absolute Gasteiger partial charge is 0.278 e. The summed E-state index contributed by atoms with van der Waals surface area (Å²) in [6, 6.07) is 4.08. The van der Waals surface area contributed by atoms with Crippen molar-refractivity contribution in [2.24, 2.45) is 0 Å². The van der Waals surface area contributed by atoms with E-state index in [2.05, 4.69) is 5.48 Å². The van der Waals surface area contributed by atoms with Crippen LogP contribution >= 0.6 is 0 Å². The van der Waals surface area contributed by atoms with Gasteiger partial charge in [-0.1, -0.05) is 6.07 Å². The number of ether oxygens (including phenoxy) is 1. The number of nitrogens with one attached hydrogen (secondary N) is 1. The summed E-state index contributed by atoms with van der Waals surface area (Å²) in [6.45, 7) is 0.536. The van der Waals surface area contributed by atoms with Gasteiger partial charge < -0.3 is 14.9 Å². The quantitative estimate of drug-likeness (QED) is 0.385. The third-order valence-electron chi connectivity index (χ3n) is 1.81. The van der Waals surface area contributed by atoms with Crippen molar-refractivity contribution in [2.75, 3.05) is 20.3 Å². The largest absolute Gasteiger partial charge is 0.504 e. The number of hydrogen-bond donors (Lipinski definition) is 3. The third-order valence-corrected chi connectivity index (χ3v) is 1.81. The lowest BCUT2D eigenvalue weighted by Crippen LogP contribution is -2.25. The molecule has 1 aromatic carbocycles. The molecule has 6 nitrogen and oxygen atoms in total. The fourth-order valence-electron chi connectivity index (χ4n) is 1.01. The second-order valence-corrected chi connectivity index (χ2v) is 2.95. The minimum atomic E-state index is -0.635. The zero-order chi connectivity index (χ0) is 12.0. The van der Waals surface area contributed by atoms with E-state index >= 15 is 0 Å². The predicted molar refractivity (Wildman–Crippen MR) is 55.1 cm³/mol. The molecule has 0 unspecified atom stereocenters. The van der Waals surface area contributed by atoms with Crippen molar-refractivity contribution in [2.45, 2.75) is 0 Å². The number of amides is 1. The Morgan fingerprint density at radius 2 is 2.12 bits per heavy atom. The highest BCUT2D eigenvalue weighted by Gasteiger charge is 2.13. The van der Waals surface area contributed by atoms with Crippen molar-refractivity contribution >= 4 is 5.91 Å². The van der Waals surface area contributed by atoms with Crippen LogP contribution in [0.1, 0.15) is 10.4 Å². The molecule has 0 spiro atoms. The van der Waals surface area contributed by atoms with Gasteiger partial charge in [-0.15, -0.1) is 0 Å². The molecule has 0 heterocycles. The van der Waals surface area contributed by atoms with Crippen molar-refractivity contribution in [3.05, 3.63) is 23.8 Å². The Kier molecular flexibility index (Phi) is 4.56. The normalized spacial score (nSPS) is 10.1. The number of aromatic hydroxyl groups is 2. The van der Waals surface area contributed by atoms with E-state index in [1.54, 1.807) is 0 Å². The fourth-order valence-corrected chi connectivity index (χ4v) is 1.01. The van der Waals surface area contributed by atoms with Crippen molar-refractivity contribution in [1.29, 1.82) is 0 Å². The molecule has 0 saturated carbocycles. The average molecular weight is 227 g/mol. The number of hydroxylamine groups is 1. The number of para-hydroxylation sites is 1. The molecule has 0 fully saturated rings. The van der Waals surface area contributed by atoms with Gasteiger partial charge in [0.05, 0.1) is 18.8 Å². The first-order valence-corrected chi connectivity index (χ1v) is 4.59. The first-order valence-electron chi connectivity index (χ1n) is 4.59. The topological polar surface area (TPSA) is 88.0 Å². The van der Waals surface area contributed by atoms with Gasteiger partial charge in [0.2, 0.25) is 0 Å². The van der Waals surface area contributed by atoms with Crippen molar-refractivity contribution < 1.29 is 24.6 Å². The Morgan fingerprint density at radius 3 is 2.81 bits per heavy atom. The monoisotopic (exact) mass is 227 g/mol. The summed E-state index contributed by atoms with van der Waals surface area (Å²) >= 11 is 0. The van der Waals surface area contributed by atoms with Crippen LogP contribution in [0.15, 0.2) is 18.2 Å². The Morgan fingerprint density at radius 1 is 1.38 bits per heavy atom. The number of phenols is 2. The van der Waals surface area contributed by atoms with Crippen LogP contribution in [0.3, 0.4) is 0 Å². The number of hydrogen-bond acceptors (Lipinski definition) is 5. The second kappa shape index (κ2) is 5.94. The van der Waals surface area contributed by atoms with E-state index in [1.807, 2.05) is 0 Å². The van der Waals surface area contributed by atoms with E-state index in [9.17, 15) is 9.90 Å². The van der Waals surface area contributed by atoms with Crippen LogP contribution in [0.5, 0.6) is 11.5 Å². The molecule has 16 heavy (non-hydrogen) atoms. The molecule has 3 N–H and O–H groups in total. The van der Waals surface area contributed by atoms with Gasteiger partial charge in [-0.05, 0) is 12.1 Å². The summed E-state index contributed by atoms with van der Waals surface area (Å²) in [4.78, 5) is 16.2. The minimum Gasteiger partial charge on any atom is -0.504 e. The van der Waals surface area contributed by atoms with Crippen LogP contribution in [0.25, 0.3) is 0 Å². The van der Waals surface area contributed by atoms with Crippen molar-refractivity contribution in [1.82, 2.24) is 5.48 Å². The first-order chi connectivity index (χ1) is 7.66. The molecule has 0 atom stereocenters. The molecule has 1 amide bonds. The van der Waals surface area contributed by atoms with Gasteiger partial charge in [-0.25, -0.2) is 5.48 Å². The van der Waals surface area contributed by atoms with Crippen LogP contribution < -0.4 is 5.48 Å². The molecule has 0 aliphatic rings. The van der Waals surface area contributed by atoms with Gasteiger partial charge in [0.1, 0.15) is 0 Å². The minimum absolute atomic E-state index is 0.0579. The lowest BCUT2D eigenvalue weighted by molar-refractivity contribution is 0.00872. The molecular weight excluding hydrogens is 214 g/mol. The standard InChI is InChI=1S/C10H13NO5/c1-15-5-6-16-11-10(14)7-3-2-4-8(12)9(7)13/h2-4,12-13H,5-6H2,1H3,(H,11,14). The predicted octanol–water partition coefficient (Wildman–Crippen LogP) is 0.406. The Balaban J connectivity index is 2.56. The number of methoxy groups -OCH3 is 1. The van der Waals surface area contributed by atoms with Crippen LogP contribution in [0, 0.1) is 0 Å². The second-order valence-electron chi connectivity index (χ2n) is 2.95. The molecular formula is C10H13NO5. The highest BCUT2D eigenvalue weighted by Crippen LogP contribution is 2.27. The lowest BCUT2D eigenvalue weighted by atomic mass is 10.2. The molecule has 1 rings (SSSR count). The molecule has 0 aliphatic carbocycles. The van der Waals surface area contributed by atoms with E-state index in [1.165, 1.54) is 25.3 Å². The number of phenolic OH excluding ortho intramolecular Hbond substituents is 2. The van der Waals surface area contributed by atoms with Crippen LogP contribution in [0.2, 0.25) is 0 Å². The zero-order valence-corrected chi connectivity index (χ0v) is 8.77. The SMILES string of the molecule is COCCONC(=O)c1cccc(O)c1O. The third kappa shape index (κ3) is 3.11. The number of benzene rings is 1. The maximum atomic E-state index is 11.4.